The smallest absolute Gasteiger partial charge is 0.191 e. The van der Waals surface area contributed by atoms with E-state index in [0.29, 0.717) is 10.8 Å². The normalized spacial score (nSPS) is 20.3. The van der Waals surface area contributed by atoms with Crippen molar-refractivity contribution < 1.29 is 4.74 Å². The molecule has 0 radical (unpaired) electrons. The number of nitrogens with one attached hydrogen (secondary N) is 2. The van der Waals surface area contributed by atoms with Crippen molar-refractivity contribution in [2.24, 2.45) is 15.8 Å². The van der Waals surface area contributed by atoms with Gasteiger partial charge in [-0.05, 0) is 61.8 Å². The van der Waals surface area contributed by atoms with Gasteiger partial charge < -0.3 is 15.4 Å². The molecule has 3 rings (SSSR count). The third kappa shape index (κ3) is 5.23. The van der Waals surface area contributed by atoms with Crippen molar-refractivity contribution in [2.75, 3.05) is 33.4 Å². The molecule has 0 aliphatic heterocycles. The lowest BCUT2D eigenvalue weighted by Gasteiger charge is -2.42. The number of methoxy groups -OCH3 is 1. The average molecular weight is 358 g/mol. The third-order valence-electron chi connectivity index (χ3n) is 6.18. The predicted molar refractivity (Wildman–Crippen MR) is 109 cm³/mol. The molecule has 0 spiro atoms. The SMILES string of the molecule is CCNC(=NCC1(Cc2ccccc2)CC1)NCC1(CCOC)CCC1. The van der Waals surface area contributed by atoms with Crippen LogP contribution in [0.1, 0.15) is 51.0 Å². The maximum absolute atomic E-state index is 5.31. The van der Waals surface area contributed by atoms with Crippen LogP contribution in [0.25, 0.3) is 0 Å². The van der Waals surface area contributed by atoms with Crippen LogP contribution in [0.3, 0.4) is 0 Å². The highest BCUT2D eigenvalue weighted by molar-refractivity contribution is 5.79. The van der Waals surface area contributed by atoms with E-state index in [-0.39, 0.29) is 0 Å². The first kappa shape index (κ1) is 19.2. The van der Waals surface area contributed by atoms with Crippen molar-refractivity contribution in [1.29, 1.82) is 0 Å². The summed E-state index contributed by atoms with van der Waals surface area (Å²) < 4.78 is 5.31. The number of nitrogens with zero attached hydrogens (tertiary/aromatic N) is 1. The van der Waals surface area contributed by atoms with Gasteiger partial charge in [0.25, 0.3) is 0 Å². The molecule has 2 fully saturated rings. The lowest BCUT2D eigenvalue weighted by molar-refractivity contribution is 0.0732. The van der Waals surface area contributed by atoms with E-state index in [1.54, 1.807) is 7.11 Å². The van der Waals surface area contributed by atoms with Gasteiger partial charge in [0.1, 0.15) is 0 Å². The van der Waals surface area contributed by atoms with Crippen LogP contribution in [0, 0.1) is 10.8 Å². The van der Waals surface area contributed by atoms with Gasteiger partial charge in [-0.25, -0.2) is 0 Å². The number of guanidine groups is 1. The van der Waals surface area contributed by atoms with Gasteiger partial charge in [-0.2, -0.15) is 0 Å². The molecule has 1 aromatic rings. The summed E-state index contributed by atoms with van der Waals surface area (Å²) in [6, 6.07) is 10.8. The molecule has 0 unspecified atom stereocenters. The molecular weight excluding hydrogens is 322 g/mol. The first-order valence-electron chi connectivity index (χ1n) is 10.2. The summed E-state index contributed by atoms with van der Waals surface area (Å²) in [5, 5.41) is 7.05. The Morgan fingerprint density at radius 2 is 1.85 bits per heavy atom. The van der Waals surface area contributed by atoms with Crippen molar-refractivity contribution in [1.82, 2.24) is 10.6 Å². The van der Waals surface area contributed by atoms with Crippen LogP contribution in [0.15, 0.2) is 35.3 Å². The minimum Gasteiger partial charge on any atom is -0.385 e. The van der Waals surface area contributed by atoms with Crippen LogP contribution in [-0.4, -0.2) is 39.3 Å². The van der Waals surface area contributed by atoms with E-state index in [4.69, 9.17) is 9.73 Å². The summed E-state index contributed by atoms with van der Waals surface area (Å²) in [5.41, 5.74) is 2.23. The number of hydrogen-bond donors (Lipinski definition) is 2. The van der Waals surface area contributed by atoms with Gasteiger partial charge in [0.05, 0.1) is 0 Å². The predicted octanol–water partition coefficient (Wildman–Crippen LogP) is 3.77. The molecule has 2 saturated carbocycles. The fourth-order valence-corrected chi connectivity index (χ4v) is 3.97. The number of rotatable bonds is 10. The maximum atomic E-state index is 5.31. The summed E-state index contributed by atoms with van der Waals surface area (Å²) in [6.07, 6.45) is 8.84. The van der Waals surface area contributed by atoms with Crippen LogP contribution in [-0.2, 0) is 11.2 Å². The van der Waals surface area contributed by atoms with E-state index in [2.05, 4.69) is 47.9 Å². The van der Waals surface area contributed by atoms with Crippen molar-refractivity contribution in [2.45, 2.75) is 51.9 Å². The van der Waals surface area contributed by atoms with Gasteiger partial charge >= 0.3 is 0 Å². The fraction of sp³-hybridized carbons (Fsp3) is 0.682. The zero-order valence-corrected chi connectivity index (χ0v) is 16.5. The second kappa shape index (κ2) is 8.90. The van der Waals surface area contributed by atoms with Crippen LogP contribution >= 0.6 is 0 Å². The number of aliphatic imine (C=N–C) groups is 1. The van der Waals surface area contributed by atoms with Crippen molar-refractivity contribution in [3.8, 4) is 0 Å². The minimum absolute atomic E-state index is 0.383. The molecule has 2 N–H and O–H groups in total. The molecule has 0 aromatic heterocycles. The Morgan fingerprint density at radius 1 is 1.08 bits per heavy atom. The number of benzene rings is 1. The van der Waals surface area contributed by atoms with E-state index in [0.717, 1.165) is 45.0 Å². The first-order valence-corrected chi connectivity index (χ1v) is 10.2. The molecule has 0 bridgehead atoms. The molecule has 0 amide bonds. The summed E-state index contributed by atoms with van der Waals surface area (Å²) in [6.45, 7) is 5.83. The number of hydrogen-bond acceptors (Lipinski definition) is 2. The molecule has 0 atom stereocenters. The van der Waals surface area contributed by atoms with Crippen LogP contribution in [0.5, 0.6) is 0 Å². The second-order valence-corrected chi connectivity index (χ2v) is 8.31. The van der Waals surface area contributed by atoms with Gasteiger partial charge in [0, 0.05) is 33.4 Å². The summed E-state index contributed by atoms with van der Waals surface area (Å²) >= 11 is 0. The summed E-state index contributed by atoms with van der Waals surface area (Å²) in [7, 11) is 1.80. The Labute approximate surface area is 158 Å². The minimum atomic E-state index is 0.383. The molecular formula is C22H35N3O. The third-order valence-corrected chi connectivity index (χ3v) is 6.18. The Balaban J connectivity index is 1.53. The van der Waals surface area contributed by atoms with Gasteiger partial charge in [0.2, 0.25) is 0 Å². The Kier molecular flexibility index (Phi) is 6.58. The lowest BCUT2D eigenvalue weighted by atomic mass is 9.67. The molecule has 0 saturated heterocycles. The van der Waals surface area contributed by atoms with E-state index in [9.17, 15) is 0 Å². The maximum Gasteiger partial charge on any atom is 0.191 e. The highest BCUT2D eigenvalue weighted by Gasteiger charge is 2.42. The standard InChI is InChI=1S/C22H35N3O/c1-3-23-20(24-17-21(10-7-11-21)14-15-26-2)25-18-22(12-13-22)16-19-8-5-4-6-9-19/h4-6,8-9H,3,7,10-18H2,1-2H3,(H2,23,24,25). The molecule has 26 heavy (non-hydrogen) atoms. The molecule has 144 valence electrons. The van der Waals surface area contributed by atoms with Crippen molar-refractivity contribution in [3.05, 3.63) is 35.9 Å². The average Bonchev–Trinajstić information content (AvgIpc) is 3.39. The molecule has 4 heteroatoms. The second-order valence-electron chi connectivity index (χ2n) is 8.31. The Morgan fingerprint density at radius 3 is 2.42 bits per heavy atom. The van der Waals surface area contributed by atoms with Crippen molar-refractivity contribution >= 4 is 5.96 Å². The quantitative estimate of drug-likeness (QED) is 0.495. The Hall–Kier alpha value is -1.55. The van der Waals surface area contributed by atoms with Gasteiger partial charge in [-0.15, -0.1) is 0 Å². The highest BCUT2D eigenvalue weighted by atomic mass is 16.5. The van der Waals surface area contributed by atoms with Crippen LogP contribution in [0.2, 0.25) is 0 Å². The van der Waals surface area contributed by atoms with Gasteiger partial charge in [0.15, 0.2) is 5.96 Å². The number of ether oxygens (including phenoxy) is 1. The largest absolute Gasteiger partial charge is 0.385 e. The first-order chi connectivity index (χ1) is 12.7. The zero-order valence-electron chi connectivity index (χ0n) is 16.5. The van der Waals surface area contributed by atoms with E-state index >= 15 is 0 Å². The molecule has 1 aromatic carbocycles. The van der Waals surface area contributed by atoms with Gasteiger partial charge in [-0.1, -0.05) is 36.8 Å². The molecule has 2 aliphatic rings. The topological polar surface area (TPSA) is 45.7 Å². The van der Waals surface area contributed by atoms with E-state index < -0.39 is 0 Å². The zero-order chi connectivity index (χ0) is 18.3. The summed E-state index contributed by atoms with van der Waals surface area (Å²) in [4.78, 5) is 4.95. The molecule has 0 heterocycles. The van der Waals surface area contributed by atoms with Crippen molar-refractivity contribution in [3.63, 3.8) is 0 Å². The van der Waals surface area contributed by atoms with Crippen LogP contribution < -0.4 is 10.6 Å². The van der Waals surface area contributed by atoms with Crippen LogP contribution in [0.4, 0.5) is 0 Å². The lowest BCUT2D eigenvalue weighted by Crippen LogP contribution is -2.47. The highest BCUT2D eigenvalue weighted by Crippen LogP contribution is 2.48. The molecule has 2 aliphatic carbocycles. The summed E-state index contributed by atoms with van der Waals surface area (Å²) in [5.74, 6) is 0.982. The fourth-order valence-electron chi connectivity index (χ4n) is 3.97. The molecule has 4 nitrogen and oxygen atoms in total. The Bertz CT molecular complexity index is 576. The monoisotopic (exact) mass is 357 g/mol. The van der Waals surface area contributed by atoms with E-state index in [1.165, 1.54) is 37.7 Å². The van der Waals surface area contributed by atoms with E-state index in [1.807, 2.05) is 0 Å². The van der Waals surface area contributed by atoms with Gasteiger partial charge in [-0.3, -0.25) is 4.99 Å².